The maximum Gasteiger partial charge on any atom is 0.412 e. The van der Waals surface area contributed by atoms with Gasteiger partial charge in [0.2, 0.25) is 0 Å². The Morgan fingerprint density at radius 2 is 1.81 bits per heavy atom. The van der Waals surface area contributed by atoms with Gasteiger partial charge in [0.15, 0.2) is 0 Å². The van der Waals surface area contributed by atoms with Gasteiger partial charge in [0, 0.05) is 11.3 Å². The molecule has 1 aromatic carbocycles. The number of amides is 1. The van der Waals surface area contributed by atoms with E-state index in [1.807, 2.05) is 0 Å². The SMILES string of the molecule is Cc1cc(C(F)(F)C(=O)O)ccc1NC(=O)OC(C)(C)C. The lowest BCUT2D eigenvalue weighted by Gasteiger charge is -2.20. The van der Waals surface area contributed by atoms with Crippen LogP contribution in [0.5, 0.6) is 0 Å². The number of ether oxygens (including phenoxy) is 1. The molecule has 0 aliphatic heterocycles. The van der Waals surface area contributed by atoms with E-state index in [1.165, 1.54) is 13.0 Å². The highest BCUT2D eigenvalue weighted by molar-refractivity contribution is 5.86. The number of carboxylic acids is 1. The number of benzene rings is 1. The molecule has 0 atom stereocenters. The minimum Gasteiger partial charge on any atom is -0.477 e. The highest BCUT2D eigenvalue weighted by Crippen LogP contribution is 2.31. The molecule has 116 valence electrons. The van der Waals surface area contributed by atoms with E-state index in [0.717, 1.165) is 12.1 Å². The molecule has 0 unspecified atom stereocenters. The fraction of sp³-hybridized carbons (Fsp3) is 0.429. The Hall–Kier alpha value is -2.18. The Labute approximate surface area is 120 Å². The second-order valence-corrected chi connectivity index (χ2v) is 5.54. The van der Waals surface area contributed by atoms with Gasteiger partial charge in [-0.25, -0.2) is 9.59 Å². The Kier molecular flexibility index (Phi) is 4.56. The molecule has 21 heavy (non-hydrogen) atoms. The van der Waals surface area contributed by atoms with Crippen molar-refractivity contribution in [2.75, 3.05) is 5.32 Å². The van der Waals surface area contributed by atoms with E-state index in [2.05, 4.69) is 5.32 Å². The van der Waals surface area contributed by atoms with Gasteiger partial charge in [0.1, 0.15) is 5.60 Å². The third-order valence-corrected chi connectivity index (χ3v) is 2.49. The van der Waals surface area contributed by atoms with E-state index in [9.17, 15) is 18.4 Å². The Morgan fingerprint density at radius 1 is 1.24 bits per heavy atom. The van der Waals surface area contributed by atoms with Crippen molar-refractivity contribution >= 4 is 17.7 Å². The number of halogens is 2. The fourth-order valence-electron chi connectivity index (χ4n) is 1.54. The number of carboxylic acid groups (broad SMARTS) is 1. The number of rotatable bonds is 3. The maximum absolute atomic E-state index is 13.4. The summed E-state index contributed by atoms with van der Waals surface area (Å²) in [4.78, 5) is 22.1. The van der Waals surface area contributed by atoms with Crippen LogP contribution in [0.15, 0.2) is 18.2 Å². The van der Waals surface area contributed by atoms with Crippen molar-refractivity contribution < 1.29 is 28.2 Å². The highest BCUT2D eigenvalue weighted by Gasteiger charge is 2.41. The number of hydrogen-bond acceptors (Lipinski definition) is 3. The largest absolute Gasteiger partial charge is 0.477 e. The molecule has 0 aliphatic carbocycles. The third-order valence-electron chi connectivity index (χ3n) is 2.49. The van der Waals surface area contributed by atoms with Crippen LogP contribution in [0.4, 0.5) is 19.3 Å². The molecule has 7 heteroatoms. The molecular weight excluding hydrogens is 284 g/mol. The van der Waals surface area contributed by atoms with E-state index in [-0.39, 0.29) is 5.69 Å². The summed E-state index contributed by atoms with van der Waals surface area (Å²) in [5.41, 5.74) is -0.760. The third kappa shape index (κ3) is 4.40. The first-order valence-electron chi connectivity index (χ1n) is 6.16. The fourth-order valence-corrected chi connectivity index (χ4v) is 1.54. The van der Waals surface area contributed by atoms with E-state index in [4.69, 9.17) is 9.84 Å². The quantitative estimate of drug-likeness (QED) is 0.895. The summed E-state index contributed by atoms with van der Waals surface area (Å²) < 4.78 is 31.8. The van der Waals surface area contributed by atoms with Crippen LogP contribution in [0.25, 0.3) is 0 Å². The van der Waals surface area contributed by atoms with E-state index >= 15 is 0 Å². The first-order valence-corrected chi connectivity index (χ1v) is 6.16. The predicted octanol–water partition coefficient (Wildman–Crippen LogP) is 3.52. The number of aryl methyl sites for hydroxylation is 1. The molecule has 0 fully saturated rings. The van der Waals surface area contributed by atoms with Crippen LogP contribution in [0.2, 0.25) is 0 Å². The second-order valence-electron chi connectivity index (χ2n) is 5.54. The molecule has 0 heterocycles. The molecule has 1 amide bonds. The molecule has 0 aromatic heterocycles. The number of aliphatic carboxylic acids is 1. The van der Waals surface area contributed by atoms with Gasteiger partial charge in [-0.15, -0.1) is 0 Å². The van der Waals surface area contributed by atoms with Gasteiger partial charge in [0.05, 0.1) is 0 Å². The van der Waals surface area contributed by atoms with Crippen LogP contribution in [0.3, 0.4) is 0 Å². The summed E-state index contributed by atoms with van der Waals surface area (Å²) in [5, 5.41) is 10.9. The average Bonchev–Trinajstić information content (AvgIpc) is 2.28. The summed E-state index contributed by atoms with van der Waals surface area (Å²) in [6.45, 7) is 6.55. The molecular formula is C14H17F2NO4. The molecule has 0 spiro atoms. The normalized spacial score (nSPS) is 11.9. The summed E-state index contributed by atoms with van der Waals surface area (Å²) in [7, 11) is 0. The van der Waals surface area contributed by atoms with Gasteiger partial charge < -0.3 is 9.84 Å². The lowest BCUT2D eigenvalue weighted by molar-refractivity contribution is -0.166. The zero-order chi connectivity index (χ0) is 16.4. The molecule has 2 N–H and O–H groups in total. The number of nitrogens with one attached hydrogen (secondary N) is 1. The number of anilines is 1. The van der Waals surface area contributed by atoms with Crippen molar-refractivity contribution in [1.82, 2.24) is 0 Å². The van der Waals surface area contributed by atoms with Crippen LogP contribution >= 0.6 is 0 Å². The Balaban J connectivity index is 2.94. The zero-order valence-corrected chi connectivity index (χ0v) is 12.2. The number of alkyl halides is 2. The van der Waals surface area contributed by atoms with Crippen LogP contribution < -0.4 is 5.32 Å². The van der Waals surface area contributed by atoms with Gasteiger partial charge in [-0.2, -0.15) is 8.78 Å². The van der Waals surface area contributed by atoms with Crippen molar-refractivity contribution in [3.63, 3.8) is 0 Å². The molecule has 0 saturated heterocycles. The van der Waals surface area contributed by atoms with Crippen LogP contribution in [-0.2, 0) is 15.5 Å². The van der Waals surface area contributed by atoms with Crippen molar-refractivity contribution in [2.24, 2.45) is 0 Å². The Morgan fingerprint density at radius 3 is 2.24 bits per heavy atom. The van der Waals surface area contributed by atoms with Crippen molar-refractivity contribution in [2.45, 2.75) is 39.2 Å². The number of carbonyl (C=O) groups excluding carboxylic acids is 1. The zero-order valence-electron chi connectivity index (χ0n) is 12.2. The second kappa shape index (κ2) is 5.67. The van der Waals surface area contributed by atoms with Gasteiger partial charge in [-0.3, -0.25) is 5.32 Å². The first kappa shape index (κ1) is 16.9. The first-order chi connectivity index (χ1) is 9.43. The predicted molar refractivity (Wildman–Crippen MR) is 72.6 cm³/mol. The topological polar surface area (TPSA) is 75.6 Å². The number of carbonyl (C=O) groups is 2. The van der Waals surface area contributed by atoms with E-state index in [0.29, 0.717) is 5.56 Å². The number of hydrogen-bond donors (Lipinski definition) is 2. The van der Waals surface area contributed by atoms with Crippen molar-refractivity contribution in [3.05, 3.63) is 29.3 Å². The summed E-state index contributed by atoms with van der Waals surface area (Å²) in [6, 6.07) is 3.18. The van der Waals surface area contributed by atoms with Gasteiger partial charge in [-0.1, -0.05) is 6.07 Å². The standard InChI is InChI=1S/C14H17F2NO4/c1-8-7-9(14(15,16)11(18)19)5-6-10(8)17-12(20)21-13(2,3)4/h5-7H,1-4H3,(H,17,20)(H,18,19). The lowest BCUT2D eigenvalue weighted by atomic mass is 10.0. The summed E-state index contributed by atoms with van der Waals surface area (Å²) >= 11 is 0. The Bertz CT molecular complexity index is 565. The van der Waals surface area contributed by atoms with Gasteiger partial charge in [-0.05, 0) is 45.4 Å². The van der Waals surface area contributed by atoms with Gasteiger partial charge in [0.25, 0.3) is 0 Å². The minimum absolute atomic E-state index is 0.272. The summed E-state index contributed by atoms with van der Waals surface area (Å²) in [5.74, 6) is -6.20. The molecule has 0 bridgehead atoms. The molecule has 1 aromatic rings. The monoisotopic (exact) mass is 301 g/mol. The average molecular weight is 301 g/mol. The smallest absolute Gasteiger partial charge is 0.412 e. The van der Waals surface area contributed by atoms with Crippen LogP contribution in [0.1, 0.15) is 31.9 Å². The molecule has 0 aliphatic rings. The molecule has 1 rings (SSSR count). The van der Waals surface area contributed by atoms with Gasteiger partial charge >= 0.3 is 18.0 Å². The lowest BCUT2D eigenvalue weighted by Crippen LogP contribution is -2.28. The van der Waals surface area contributed by atoms with Crippen LogP contribution in [-0.4, -0.2) is 22.8 Å². The van der Waals surface area contributed by atoms with Crippen molar-refractivity contribution in [1.29, 1.82) is 0 Å². The molecule has 0 saturated carbocycles. The van der Waals surface area contributed by atoms with Crippen molar-refractivity contribution in [3.8, 4) is 0 Å². The van der Waals surface area contributed by atoms with Crippen LogP contribution in [0, 0.1) is 6.92 Å². The highest BCUT2D eigenvalue weighted by atomic mass is 19.3. The maximum atomic E-state index is 13.4. The summed E-state index contributed by atoms with van der Waals surface area (Å²) in [6.07, 6.45) is -0.719. The minimum atomic E-state index is -3.98. The van der Waals surface area contributed by atoms with E-state index < -0.39 is 29.1 Å². The molecule has 0 radical (unpaired) electrons. The molecule has 5 nitrogen and oxygen atoms in total. The van der Waals surface area contributed by atoms with E-state index in [1.54, 1.807) is 20.8 Å².